The predicted molar refractivity (Wildman–Crippen MR) is 168 cm³/mol. The quantitative estimate of drug-likeness (QED) is 0.260. The van der Waals surface area contributed by atoms with Crippen LogP contribution in [0.15, 0.2) is 106 Å². The van der Waals surface area contributed by atoms with Crippen molar-refractivity contribution in [1.82, 2.24) is 19.4 Å². The van der Waals surface area contributed by atoms with Gasteiger partial charge in [-0.25, -0.2) is 14.2 Å². The molecule has 4 heterocycles. The highest BCUT2D eigenvalue weighted by Crippen LogP contribution is 2.27. The van der Waals surface area contributed by atoms with Gasteiger partial charge in [0.1, 0.15) is 10.5 Å². The zero-order valence-corrected chi connectivity index (χ0v) is 23.9. The maximum atomic E-state index is 14.0. The van der Waals surface area contributed by atoms with Gasteiger partial charge in [0.05, 0.1) is 35.9 Å². The summed E-state index contributed by atoms with van der Waals surface area (Å²) in [6.45, 7) is 2.60. The van der Waals surface area contributed by atoms with E-state index in [1.807, 2.05) is 91.9 Å². The number of oxime groups is 1. The lowest BCUT2D eigenvalue weighted by atomic mass is 9.95. The minimum absolute atomic E-state index is 0.274. The van der Waals surface area contributed by atoms with Crippen LogP contribution >= 0.6 is 11.3 Å². The van der Waals surface area contributed by atoms with E-state index >= 15 is 0 Å². The van der Waals surface area contributed by atoms with E-state index in [1.54, 1.807) is 10.8 Å². The number of nitrogens with one attached hydrogen (secondary N) is 1. The van der Waals surface area contributed by atoms with Gasteiger partial charge in [-0.15, -0.1) is 11.3 Å². The molecule has 0 bridgehead atoms. The predicted octanol–water partition coefficient (Wildman–Crippen LogP) is 5.48. The van der Waals surface area contributed by atoms with E-state index < -0.39 is 11.8 Å². The van der Waals surface area contributed by atoms with Crippen molar-refractivity contribution in [1.29, 1.82) is 0 Å². The summed E-state index contributed by atoms with van der Waals surface area (Å²) < 4.78 is 2.90. The lowest BCUT2D eigenvalue weighted by Crippen LogP contribution is -2.38. The van der Waals surface area contributed by atoms with Crippen LogP contribution in [0.25, 0.3) is 37.9 Å². The third-order valence-corrected chi connectivity index (χ3v) is 8.83. The molecule has 1 N–H and O–H groups in total. The Labute approximate surface area is 249 Å². The molecule has 1 amide bonds. The van der Waals surface area contributed by atoms with Gasteiger partial charge in [0.25, 0.3) is 5.56 Å². The van der Waals surface area contributed by atoms with E-state index in [4.69, 9.17) is 4.84 Å². The number of benzene rings is 3. The topological polar surface area (TPSA) is 108 Å². The van der Waals surface area contributed by atoms with E-state index in [1.165, 1.54) is 15.9 Å². The average Bonchev–Trinajstić information content (AvgIpc) is 3.49. The fraction of sp³-hybridized carbons (Fsp3) is 0.121. The lowest BCUT2D eigenvalue weighted by Gasteiger charge is -2.16. The van der Waals surface area contributed by atoms with Gasteiger partial charge in [-0.05, 0) is 41.3 Å². The summed E-state index contributed by atoms with van der Waals surface area (Å²) in [5.41, 5.74) is 4.75. The standard InChI is InChI=1S/C33H25N5O4S/c1-2-24-16-27-30(39)38(23-15-22-7-3-6-10-28(22)34-17-23)33(41)37(31(27)43-24)19-20-11-13-21(14-12-20)25-8-4-5-9-26(25)29-18-35-32(40)42-36-29/h3-17H,2,18-19H2,1H3,(H,35,40). The van der Waals surface area contributed by atoms with Crippen molar-refractivity contribution in [3.63, 3.8) is 0 Å². The number of carbonyl (C=O) groups is 1. The summed E-state index contributed by atoms with van der Waals surface area (Å²) in [4.78, 5) is 50.1. The van der Waals surface area contributed by atoms with Crippen LogP contribution in [0.4, 0.5) is 4.79 Å². The van der Waals surface area contributed by atoms with Gasteiger partial charge in [0.2, 0.25) is 0 Å². The van der Waals surface area contributed by atoms with Crippen molar-refractivity contribution in [2.75, 3.05) is 6.54 Å². The molecule has 0 aliphatic carbocycles. The molecule has 1 aliphatic rings. The largest absolute Gasteiger partial charge is 0.433 e. The molecule has 6 aromatic rings. The van der Waals surface area contributed by atoms with Crippen LogP contribution < -0.4 is 16.6 Å². The van der Waals surface area contributed by atoms with Gasteiger partial charge in [0.15, 0.2) is 0 Å². The van der Waals surface area contributed by atoms with Crippen LogP contribution in [0.1, 0.15) is 22.9 Å². The van der Waals surface area contributed by atoms with E-state index in [9.17, 15) is 14.4 Å². The zero-order chi connectivity index (χ0) is 29.5. The van der Waals surface area contributed by atoms with Gasteiger partial charge in [-0.3, -0.25) is 19.2 Å². The highest BCUT2D eigenvalue weighted by Gasteiger charge is 2.20. The van der Waals surface area contributed by atoms with E-state index in [-0.39, 0.29) is 18.6 Å². The van der Waals surface area contributed by atoms with Gasteiger partial charge in [-0.2, -0.15) is 0 Å². The van der Waals surface area contributed by atoms with Crippen LogP contribution in [-0.2, 0) is 17.8 Å². The number of aromatic nitrogens is 3. The minimum Gasteiger partial charge on any atom is -0.314 e. The number of nitrogens with zero attached hydrogens (tertiary/aromatic N) is 4. The Balaban J connectivity index is 1.30. The molecule has 10 heteroatoms. The summed E-state index contributed by atoms with van der Waals surface area (Å²) in [6, 6.07) is 27.1. The Morgan fingerprint density at radius 3 is 2.47 bits per heavy atom. The van der Waals surface area contributed by atoms with E-state index in [0.29, 0.717) is 21.6 Å². The number of fused-ring (bicyclic) bond motifs is 2. The van der Waals surface area contributed by atoms with E-state index in [0.717, 1.165) is 44.5 Å². The second-order valence-corrected chi connectivity index (χ2v) is 11.3. The highest BCUT2D eigenvalue weighted by molar-refractivity contribution is 7.18. The number of carbonyl (C=O) groups excluding carboxylic acids is 1. The number of thiophene rings is 1. The molecule has 3 aromatic heterocycles. The molecule has 0 atom stereocenters. The molecule has 0 spiro atoms. The molecule has 9 nitrogen and oxygen atoms in total. The van der Waals surface area contributed by atoms with Crippen molar-refractivity contribution >= 4 is 44.3 Å². The fourth-order valence-electron chi connectivity index (χ4n) is 5.34. The first kappa shape index (κ1) is 26.5. The molecule has 43 heavy (non-hydrogen) atoms. The van der Waals surface area contributed by atoms with Gasteiger partial charge in [-0.1, -0.05) is 78.8 Å². The molecule has 0 saturated carbocycles. The van der Waals surface area contributed by atoms with Crippen molar-refractivity contribution in [2.24, 2.45) is 5.16 Å². The average molecular weight is 588 g/mol. The maximum absolute atomic E-state index is 14.0. The Morgan fingerprint density at radius 2 is 1.70 bits per heavy atom. The summed E-state index contributed by atoms with van der Waals surface area (Å²) in [6.07, 6.45) is 1.77. The Hall–Kier alpha value is -5.35. The number of rotatable bonds is 6. The first-order valence-electron chi connectivity index (χ1n) is 13.8. The smallest absolute Gasteiger partial charge is 0.314 e. The molecule has 212 valence electrons. The number of hydrogen-bond donors (Lipinski definition) is 1. The molecule has 7 rings (SSSR count). The molecule has 1 aliphatic heterocycles. The van der Waals surface area contributed by atoms with Crippen LogP contribution in [0.2, 0.25) is 0 Å². The third-order valence-electron chi connectivity index (χ3n) is 7.53. The van der Waals surface area contributed by atoms with Crippen LogP contribution in [-0.4, -0.2) is 32.5 Å². The van der Waals surface area contributed by atoms with E-state index in [2.05, 4.69) is 15.5 Å². The SMILES string of the molecule is CCc1cc2c(=O)n(-c3cnc4ccccc4c3)c(=O)n(Cc3ccc(-c4ccccc4C4=NOC(=O)NC4)cc3)c2s1. The lowest BCUT2D eigenvalue weighted by molar-refractivity contribution is 0.147. The molecular formula is C33H25N5O4S. The molecular weight excluding hydrogens is 562 g/mol. The molecule has 0 unspecified atom stereocenters. The third kappa shape index (κ3) is 4.81. The summed E-state index contributed by atoms with van der Waals surface area (Å²) in [5.74, 6) is 0. The Bertz CT molecular complexity index is 2190. The minimum atomic E-state index is -0.574. The van der Waals surface area contributed by atoms with Crippen LogP contribution in [0, 0.1) is 0 Å². The van der Waals surface area contributed by atoms with Gasteiger partial charge in [0, 0.05) is 15.8 Å². The highest BCUT2D eigenvalue weighted by atomic mass is 32.1. The molecule has 0 saturated heterocycles. The second kappa shape index (κ2) is 10.8. The number of hydrogen-bond acceptors (Lipinski definition) is 7. The Kier molecular flexibility index (Phi) is 6.67. The number of aryl methyl sites for hydroxylation is 1. The normalized spacial score (nSPS) is 13.1. The molecule has 0 radical (unpaired) electrons. The Morgan fingerprint density at radius 1 is 0.930 bits per heavy atom. The second-order valence-electron chi connectivity index (χ2n) is 10.2. The molecule has 0 fully saturated rings. The maximum Gasteiger partial charge on any atom is 0.433 e. The molecule has 3 aromatic carbocycles. The summed E-state index contributed by atoms with van der Waals surface area (Å²) in [5, 5.41) is 7.99. The van der Waals surface area contributed by atoms with Crippen molar-refractivity contribution in [3.8, 4) is 16.8 Å². The monoisotopic (exact) mass is 587 g/mol. The number of amides is 1. The van der Waals surface area contributed by atoms with Crippen molar-refractivity contribution in [2.45, 2.75) is 19.9 Å². The van der Waals surface area contributed by atoms with Gasteiger partial charge >= 0.3 is 11.8 Å². The van der Waals surface area contributed by atoms with Crippen LogP contribution in [0.3, 0.4) is 0 Å². The van der Waals surface area contributed by atoms with Crippen molar-refractivity contribution in [3.05, 3.63) is 128 Å². The first-order chi connectivity index (χ1) is 21.0. The van der Waals surface area contributed by atoms with Crippen LogP contribution in [0.5, 0.6) is 0 Å². The van der Waals surface area contributed by atoms with Crippen molar-refractivity contribution < 1.29 is 9.63 Å². The first-order valence-corrected chi connectivity index (χ1v) is 14.7. The van der Waals surface area contributed by atoms with Gasteiger partial charge < -0.3 is 5.32 Å². The summed E-state index contributed by atoms with van der Waals surface area (Å²) >= 11 is 1.47. The summed E-state index contributed by atoms with van der Waals surface area (Å²) in [7, 11) is 0. The fourth-order valence-corrected chi connectivity index (χ4v) is 6.42. The zero-order valence-electron chi connectivity index (χ0n) is 23.1. The number of para-hydroxylation sites is 1. The number of pyridine rings is 1.